The molecule has 0 aliphatic carbocycles. The minimum Gasteiger partial charge on any atom is -0.348 e. The average molecular weight is 327 g/mol. The molecule has 0 bridgehead atoms. The Morgan fingerprint density at radius 1 is 1.38 bits per heavy atom. The zero-order valence-electron chi connectivity index (χ0n) is 13.7. The van der Waals surface area contributed by atoms with Crippen LogP contribution in [0.5, 0.6) is 0 Å². The molecule has 3 heterocycles. The predicted molar refractivity (Wildman–Crippen MR) is 91.1 cm³/mol. The molecule has 7 nitrogen and oxygen atoms in total. The number of hydrogen-bond donors (Lipinski definition) is 1. The maximum atomic E-state index is 12.4. The van der Waals surface area contributed by atoms with Gasteiger partial charge in [0, 0.05) is 55.9 Å². The van der Waals surface area contributed by atoms with Crippen LogP contribution in [0.2, 0.25) is 0 Å². The molecule has 0 spiro atoms. The lowest BCUT2D eigenvalue weighted by atomic mass is 10.1. The third-order valence-corrected chi connectivity index (χ3v) is 4.19. The van der Waals surface area contributed by atoms with E-state index in [-0.39, 0.29) is 17.5 Å². The summed E-state index contributed by atoms with van der Waals surface area (Å²) in [5.41, 5.74) is 0.242. The summed E-state index contributed by atoms with van der Waals surface area (Å²) in [7, 11) is 0. The van der Waals surface area contributed by atoms with Gasteiger partial charge in [0.1, 0.15) is 0 Å². The van der Waals surface area contributed by atoms with E-state index in [0.29, 0.717) is 24.6 Å². The first-order valence-corrected chi connectivity index (χ1v) is 8.20. The fourth-order valence-corrected chi connectivity index (χ4v) is 2.91. The van der Waals surface area contributed by atoms with E-state index in [1.54, 1.807) is 35.3 Å². The van der Waals surface area contributed by atoms with Gasteiger partial charge in [0.05, 0.1) is 0 Å². The van der Waals surface area contributed by atoms with Gasteiger partial charge in [-0.25, -0.2) is 9.97 Å². The van der Waals surface area contributed by atoms with Crippen molar-refractivity contribution in [3.05, 3.63) is 52.7 Å². The topological polar surface area (TPSA) is 80.1 Å². The number of nitrogens with one attached hydrogen (secondary N) is 1. The second-order valence-corrected chi connectivity index (χ2v) is 5.85. The van der Waals surface area contributed by atoms with Crippen LogP contribution in [-0.2, 0) is 6.54 Å². The van der Waals surface area contributed by atoms with E-state index in [4.69, 9.17) is 0 Å². The number of aryl methyl sites for hydroxylation is 1. The average Bonchev–Trinajstić information content (AvgIpc) is 2.62. The third-order valence-electron chi connectivity index (χ3n) is 4.19. The van der Waals surface area contributed by atoms with Crippen molar-refractivity contribution in [2.45, 2.75) is 32.4 Å². The second kappa shape index (κ2) is 7.25. The summed E-state index contributed by atoms with van der Waals surface area (Å²) in [5.74, 6) is 0.471. The normalized spacial score (nSPS) is 17.5. The number of piperidine rings is 1. The number of aromatic nitrogens is 3. The molecule has 7 heteroatoms. The fourth-order valence-electron chi connectivity index (χ4n) is 2.91. The van der Waals surface area contributed by atoms with Crippen molar-refractivity contribution in [3.63, 3.8) is 0 Å². The Morgan fingerprint density at radius 3 is 2.88 bits per heavy atom. The van der Waals surface area contributed by atoms with Gasteiger partial charge in [-0.15, -0.1) is 0 Å². The molecule has 1 fully saturated rings. The summed E-state index contributed by atoms with van der Waals surface area (Å²) < 4.78 is 1.56. The summed E-state index contributed by atoms with van der Waals surface area (Å²) >= 11 is 0. The van der Waals surface area contributed by atoms with Gasteiger partial charge in [-0.3, -0.25) is 9.59 Å². The number of pyridine rings is 1. The number of hydrogen-bond acceptors (Lipinski definition) is 5. The second-order valence-electron chi connectivity index (χ2n) is 5.85. The molecule has 0 saturated carbocycles. The predicted octanol–water partition coefficient (Wildman–Crippen LogP) is 1.06. The molecule has 0 radical (unpaired) electrons. The van der Waals surface area contributed by atoms with Gasteiger partial charge in [-0.2, -0.15) is 0 Å². The Hall–Kier alpha value is -2.70. The van der Waals surface area contributed by atoms with Crippen LogP contribution in [-0.4, -0.2) is 39.6 Å². The molecule has 126 valence electrons. The molecule has 1 atom stereocenters. The SMILES string of the molecule is CCn1ccc(C(=O)N[C@@H]2CCCN(c3ncccn3)C2)cc1=O. The number of nitrogens with zero attached hydrogens (tertiary/aromatic N) is 4. The van der Waals surface area contributed by atoms with Gasteiger partial charge in [0.2, 0.25) is 5.95 Å². The van der Waals surface area contributed by atoms with Gasteiger partial charge < -0.3 is 14.8 Å². The Labute approximate surface area is 140 Å². The summed E-state index contributed by atoms with van der Waals surface area (Å²) in [6, 6.07) is 4.87. The highest BCUT2D eigenvalue weighted by Gasteiger charge is 2.23. The Kier molecular flexibility index (Phi) is 4.88. The first kappa shape index (κ1) is 16.2. The molecule has 0 aromatic carbocycles. The summed E-state index contributed by atoms with van der Waals surface area (Å²) in [6.45, 7) is 4.03. The summed E-state index contributed by atoms with van der Waals surface area (Å²) in [5, 5.41) is 3.02. The van der Waals surface area contributed by atoms with Gasteiger partial charge in [0.25, 0.3) is 11.5 Å². The molecular formula is C17H21N5O2. The monoisotopic (exact) mass is 327 g/mol. The molecule has 1 amide bonds. The van der Waals surface area contributed by atoms with Crippen LogP contribution in [0.3, 0.4) is 0 Å². The van der Waals surface area contributed by atoms with Crippen LogP contribution in [0.25, 0.3) is 0 Å². The first-order chi connectivity index (χ1) is 11.7. The zero-order chi connectivity index (χ0) is 16.9. The van der Waals surface area contributed by atoms with Gasteiger partial charge >= 0.3 is 0 Å². The van der Waals surface area contributed by atoms with Gasteiger partial charge in [-0.1, -0.05) is 0 Å². The molecule has 3 rings (SSSR count). The van der Waals surface area contributed by atoms with Crippen molar-refractivity contribution < 1.29 is 4.79 Å². The lowest BCUT2D eigenvalue weighted by molar-refractivity contribution is 0.0932. The molecule has 24 heavy (non-hydrogen) atoms. The maximum absolute atomic E-state index is 12.4. The van der Waals surface area contributed by atoms with E-state index in [1.165, 1.54) is 6.07 Å². The minimum atomic E-state index is -0.212. The Balaban J connectivity index is 1.66. The highest BCUT2D eigenvalue weighted by atomic mass is 16.2. The minimum absolute atomic E-state index is 0.0173. The van der Waals surface area contributed by atoms with E-state index in [2.05, 4.69) is 20.2 Å². The molecule has 0 unspecified atom stereocenters. The standard InChI is InChI=1S/C17H21N5O2/c1-2-21-10-6-13(11-15(21)23)16(24)20-14-5-3-9-22(12-14)17-18-7-4-8-19-17/h4,6-8,10-11,14H,2-3,5,9,12H2,1H3,(H,20,24)/t14-/m1/s1. The Morgan fingerprint density at radius 2 is 2.17 bits per heavy atom. The first-order valence-electron chi connectivity index (χ1n) is 8.20. The van der Waals surface area contributed by atoms with Crippen molar-refractivity contribution in [3.8, 4) is 0 Å². The van der Waals surface area contributed by atoms with Crippen LogP contribution >= 0.6 is 0 Å². The van der Waals surface area contributed by atoms with Crippen LogP contribution in [0.15, 0.2) is 41.6 Å². The van der Waals surface area contributed by atoms with Crippen molar-refractivity contribution in [1.82, 2.24) is 19.9 Å². The molecular weight excluding hydrogens is 306 g/mol. The van der Waals surface area contributed by atoms with Crippen LogP contribution in [0.4, 0.5) is 5.95 Å². The number of carbonyl (C=O) groups is 1. The van der Waals surface area contributed by atoms with Crippen LogP contribution in [0, 0.1) is 0 Å². The molecule has 2 aromatic rings. The van der Waals surface area contributed by atoms with E-state index in [0.717, 1.165) is 19.4 Å². The van der Waals surface area contributed by atoms with Crippen molar-refractivity contribution in [2.75, 3.05) is 18.0 Å². The summed E-state index contributed by atoms with van der Waals surface area (Å²) in [6.07, 6.45) is 6.95. The number of carbonyl (C=O) groups excluding carboxylic acids is 1. The number of amides is 1. The largest absolute Gasteiger partial charge is 0.348 e. The summed E-state index contributed by atoms with van der Waals surface area (Å²) in [4.78, 5) is 34.9. The lowest BCUT2D eigenvalue weighted by Gasteiger charge is -2.33. The maximum Gasteiger partial charge on any atom is 0.251 e. The highest BCUT2D eigenvalue weighted by molar-refractivity contribution is 5.94. The van der Waals surface area contributed by atoms with Gasteiger partial charge in [-0.05, 0) is 31.9 Å². The fraction of sp³-hybridized carbons (Fsp3) is 0.412. The zero-order valence-corrected chi connectivity index (χ0v) is 13.7. The van der Waals surface area contributed by atoms with E-state index < -0.39 is 0 Å². The lowest BCUT2D eigenvalue weighted by Crippen LogP contribution is -2.48. The number of anilines is 1. The highest BCUT2D eigenvalue weighted by Crippen LogP contribution is 2.15. The third kappa shape index (κ3) is 3.61. The Bertz CT molecular complexity index is 759. The molecule has 2 aromatic heterocycles. The molecule has 1 N–H and O–H groups in total. The number of rotatable bonds is 4. The molecule has 1 aliphatic rings. The van der Waals surface area contributed by atoms with Crippen molar-refractivity contribution in [2.24, 2.45) is 0 Å². The molecule has 1 saturated heterocycles. The van der Waals surface area contributed by atoms with E-state index in [1.807, 2.05) is 6.92 Å². The molecule has 1 aliphatic heterocycles. The van der Waals surface area contributed by atoms with E-state index >= 15 is 0 Å². The van der Waals surface area contributed by atoms with E-state index in [9.17, 15) is 9.59 Å². The van der Waals surface area contributed by atoms with Crippen LogP contribution < -0.4 is 15.8 Å². The van der Waals surface area contributed by atoms with Gasteiger partial charge in [0.15, 0.2) is 0 Å². The van der Waals surface area contributed by atoms with Crippen molar-refractivity contribution in [1.29, 1.82) is 0 Å². The smallest absolute Gasteiger partial charge is 0.251 e. The van der Waals surface area contributed by atoms with Crippen molar-refractivity contribution >= 4 is 11.9 Å². The van der Waals surface area contributed by atoms with Crippen LogP contribution in [0.1, 0.15) is 30.1 Å². The quantitative estimate of drug-likeness (QED) is 0.908.